The average molecular weight is 419 g/mol. The Morgan fingerprint density at radius 2 is 1.97 bits per heavy atom. The summed E-state index contributed by atoms with van der Waals surface area (Å²) in [5, 5.41) is 3.01. The van der Waals surface area contributed by atoms with Crippen molar-refractivity contribution in [3.8, 4) is 0 Å². The van der Waals surface area contributed by atoms with Crippen molar-refractivity contribution in [2.24, 2.45) is 5.92 Å². The number of amides is 1. The Morgan fingerprint density at radius 1 is 1.17 bits per heavy atom. The summed E-state index contributed by atoms with van der Waals surface area (Å²) in [5.41, 5.74) is 2.23. The van der Waals surface area contributed by atoms with Gasteiger partial charge in [0.05, 0.1) is 24.4 Å². The molecule has 3 aliphatic heterocycles. The van der Waals surface area contributed by atoms with Crippen molar-refractivity contribution in [1.29, 1.82) is 0 Å². The summed E-state index contributed by atoms with van der Waals surface area (Å²) in [6.45, 7) is 9.20. The first-order valence-corrected chi connectivity index (χ1v) is 12.3. The van der Waals surface area contributed by atoms with Crippen LogP contribution in [0.3, 0.4) is 0 Å². The largest absolute Gasteiger partial charge is 0.379 e. The van der Waals surface area contributed by atoms with Crippen LogP contribution in [0.15, 0.2) is 0 Å². The number of nitrogens with zero attached hydrogens (tertiary/aromatic N) is 1. The number of ether oxygens (including phenoxy) is 2. The highest BCUT2D eigenvalue weighted by Gasteiger charge is 2.38. The number of rotatable bonds is 5. The fourth-order valence-electron chi connectivity index (χ4n) is 5.81. The molecule has 160 valence electrons. The van der Waals surface area contributed by atoms with E-state index in [1.54, 1.807) is 0 Å². The second-order valence-corrected chi connectivity index (χ2v) is 10.6. The van der Waals surface area contributed by atoms with Gasteiger partial charge in [-0.2, -0.15) is 0 Å². The predicted octanol–water partition coefficient (Wildman–Crippen LogP) is 3.49. The smallest absolute Gasteiger partial charge is 0.252 e. The zero-order chi connectivity index (χ0) is 20.0. The molecule has 0 radical (unpaired) electrons. The van der Waals surface area contributed by atoms with Crippen LogP contribution in [0, 0.1) is 12.8 Å². The lowest BCUT2D eigenvalue weighted by Gasteiger charge is -2.47. The summed E-state index contributed by atoms with van der Waals surface area (Å²) in [4.78, 5) is 17.7. The van der Waals surface area contributed by atoms with Gasteiger partial charge in [-0.3, -0.25) is 9.69 Å². The van der Waals surface area contributed by atoms with E-state index in [-0.39, 0.29) is 5.91 Å². The summed E-state index contributed by atoms with van der Waals surface area (Å²) in [7, 11) is 0. The molecule has 1 aliphatic carbocycles. The predicted molar refractivity (Wildman–Crippen MR) is 115 cm³/mol. The Balaban J connectivity index is 1.13. The SMILES string of the molecule is Cc1c([C@H](C)[C@H]2CC[C@H](N3CC(O[C@H]4CCOC4)C3)CC2)sc2c1C(=O)NCC2. The first-order valence-electron chi connectivity index (χ1n) is 11.5. The van der Waals surface area contributed by atoms with E-state index < -0.39 is 0 Å². The van der Waals surface area contributed by atoms with Crippen molar-refractivity contribution in [1.82, 2.24) is 10.2 Å². The molecular weight excluding hydrogens is 384 g/mol. The Hall–Kier alpha value is -0.950. The maximum atomic E-state index is 12.3. The number of hydrogen-bond donors (Lipinski definition) is 1. The highest BCUT2D eigenvalue weighted by Crippen LogP contribution is 2.43. The van der Waals surface area contributed by atoms with Gasteiger partial charge in [-0.15, -0.1) is 11.3 Å². The van der Waals surface area contributed by atoms with E-state index in [9.17, 15) is 4.79 Å². The van der Waals surface area contributed by atoms with Crippen molar-refractivity contribution >= 4 is 17.2 Å². The minimum absolute atomic E-state index is 0.140. The van der Waals surface area contributed by atoms with Gasteiger partial charge in [0.1, 0.15) is 0 Å². The summed E-state index contributed by atoms with van der Waals surface area (Å²) < 4.78 is 11.6. The molecule has 1 saturated carbocycles. The Bertz CT molecular complexity index is 744. The van der Waals surface area contributed by atoms with E-state index in [1.165, 1.54) is 41.0 Å². The first-order chi connectivity index (χ1) is 14.1. The van der Waals surface area contributed by atoms with E-state index in [0.29, 0.717) is 18.1 Å². The molecule has 1 aromatic heterocycles. The molecule has 6 heteroatoms. The lowest BCUT2D eigenvalue weighted by atomic mass is 9.76. The van der Waals surface area contributed by atoms with Crippen LogP contribution in [0.4, 0.5) is 0 Å². The van der Waals surface area contributed by atoms with Gasteiger partial charge in [-0.1, -0.05) is 6.92 Å². The summed E-state index contributed by atoms with van der Waals surface area (Å²) in [5.74, 6) is 1.45. The van der Waals surface area contributed by atoms with Crippen LogP contribution in [-0.2, 0) is 15.9 Å². The van der Waals surface area contributed by atoms with Gasteiger partial charge in [-0.05, 0) is 62.8 Å². The van der Waals surface area contributed by atoms with Crippen molar-refractivity contribution < 1.29 is 14.3 Å². The van der Waals surface area contributed by atoms with Crippen LogP contribution in [0.25, 0.3) is 0 Å². The van der Waals surface area contributed by atoms with Crippen LogP contribution in [0.5, 0.6) is 0 Å². The molecule has 29 heavy (non-hydrogen) atoms. The molecule has 1 aromatic rings. The first kappa shape index (κ1) is 20.0. The van der Waals surface area contributed by atoms with Crippen molar-refractivity contribution in [3.63, 3.8) is 0 Å². The number of hydrogen-bond acceptors (Lipinski definition) is 5. The van der Waals surface area contributed by atoms with Crippen LogP contribution < -0.4 is 5.32 Å². The summed E-state index contributed by atoms with van der Waals surface area (Å²) in [6.07, 6.45) is 8.03. The fraction of sp³-hybridized carbons (Fsp3) is 0.783. The monoisotopic (exact) mass is 418 g/mol. The molecule has 2 atom stereocenters. The Kier molecular flexibility index (Phi) is 5.71. The topological polar surface area (TPSA) is 50.8 Å². The Morgan fingerprint density at radius 3 is 2.66 bits per heavy atom. The third-order valence-corrected chi connectivity index (χ3v) is 9.20. The standard InChI is InChI=1S/C23H34N2O3S/c1-14(22-15(2)21-20(29-22)7-9-24-23(21)26)16-3-5-17(6-4-16)25-11-19(12-25)28-18-8-10-27-13-18/h14,16-19H,3-13H2,1-2H3,(H,24,26)/t14-,16-,17-,18+/m1/s1. The van der Waals surface area contributed by atoms with E-state index >= 15 is 0 Å². The molecule has 3 fully saturated rings. The molecule has 4 heterocycles. The van der Waals surface area contributed by atoms with Crippen LogP contribution in [0.2, 0.25) is 0 Å². The van der Waals surface area contributed by atoms with E-state index in [0.717, 1.165) is 63.2 Å². The molecule has 0 unspecified atom stereocenters. The summed E-state index contributed by atoms with van der Waals surface area (Å²) >= 11 is 1.91. The molecular formula is C23H34N2O3S. The highest BCUT2D eigenvalue weighted by atomic mass is 32.1. The van der Waals surface area contributed by atoms with Crippen molar-refractivity contribution in [3.05, 3.63) is 20.9 Å². The van der Waals surface area contributed by atoms with Gasteiger partial charge < -0.3 is 14.8 Å². The zero-order valence-electron chi connectivity index (χ0n) is 17.7. The normalized spacial score (nSPS) is 31.9. The number of carbonyl (C=O) groups is 1. The number of fused-ring (bicyclic) bond motifs is 1. The molecule has 0 spiro atoms. The molecule has 1 amide bonds. The molecule has 0 bridgehead atoms. The third kappa shape index (κ3) is 3.89. The summed E-state index contributed by atoms with van der Waals surface area (Å²) in [6, 6.07) is 0.738. The zero-order valence-corrected chi connectivity index (χ0v) is 18.6. The fourth-order valence-corrected chi connectivity index (χ4v) is 7.26. The number of carbonyl (C=O) groups excluding carboxylic acids is 1. The lowest BCUT2D eigenvalue weighted by Crippen LogP contribution is -2.58. The quantitative estimate of drug-likeness (QED) is 0.795. The second-order valence-electron chi connectivity index (χ2n) is 9.45. The third-order valence-electron chi connectivity index (χ3n) is 7.65. The van der Waals surface area contributed by atoms with Crippen molar-refractivity contribution in [2.45, 2.75) is 76.5 Å². The minimum Gasteiger partial charge on any atom is -0.379 e. The average Bonchev–Trinajstić information content (AvgIpc) is 3.32. The van der Waals surface area contributed by atoms with Crippen LogP contribution in [0.1, 0.15) is 70.6 Å². The highest BCUT2D eigenvalue weighted by molar-refractivity contribution is 7.12. The van der Waals surface area contributed by atoms with E-state index in [2.05, 4.69) is 24.1 Å². The molecule has 2 saturated heterocycles. The molecule has 0 aromatic carbocycles. The van der Waals surface area contributed by atoms with Crippen LogP contribution >= 0.6 is 11.3 Å². The van der Waals surface area contributed by atoms with Gasteiger partial charge in [0.15, 0.2) is 0 Å². The van der Waals surface area contributed by atoms with E-state index in [4.69, 9.17) is 9.47 Å². The number of nitrogens with one attached hydrogen (secondary N) is 1. The molecule has 4 aliphatic rings. The van der Waals surface area contributed by atoms with Crippen molar-refractivity contribution in [2.75, 3.05) is 32.8 Å². The van der Waals surface area contributed by atoms with Crippen LogP contribution in [-0.4, -0.2) is 61.9 Å². The van der Waals surface area contributed by atoms with Gasteiger partial charge in [0.2, 0.25) is 0 Å². The van der Waals surface area contributed by atoms with Gasteiger partial charge >= 0.3 is 0 Å². The number of likely N-dealkylation sites (tertiary alicyclic amines) is 1. The maximum absolute atomic E-state index is 12.3. The molecule has 5 rings (SSSR count). The van der Waals surface area contributed by atoms with Gasteiger partial charge in [0.25, 0.3) is 5.91 Å². The second kappa shape index (κ2) is 8.29. The lowest BCUT2D eigenvalue weighted by molar-refractivity contribution is -0.110. The Labute approximate surface area is 178 Å². The minimum atomic E-state index is 0.140. The number of thiophene rings is 1. The molecule has 1 N–H and O–H groups in total. The maximum Gasteiger partial charge on any atom is 0.252 e. The van der Waals surface area contributed by atoms with E-state index in [1.807, 2.05) is 11.3 Å². The van der Waals surface area contributed by atoms with Gasteiger partial charge in [0, 0.05) is 42.0 Å². The van der Waals surface area contributed by atoms with Gasteiger partial charge in [-0.25, -0.2) is 0 Å². The molecule has 5 nitrogen and oxygen atoms in total.